The lowest BCUT2D eigenvalue weighted by molar-refractivity contribution is 0.0563. The van der Waals surface area contributed by atoms with Crippen molar-refractivity contribution in [1.82, 2.24) is 9.55 Å². The lowest BCUT2D eigenvalue weighted by atomic mass is 10.1. The number of hydrogen-bond donors (Lipinski definition) is 0. The summed E-state index contributed by atoms with van der Waals surface area (Å²) in [7, 11) is 1.33. The van der Waals surface area contributed by atoms with Gasteiger partial charge in [0.2, 0.25) is 5.76 Å². The normalized spacial score (nSPS) is 10.8. The topological polar surface area (TPSA) is 57.3 Å². The number of nitrogens with zero attached hydrogens (tertiary/aromatic N) is 2. The molecule has 0 aliphatic heterocycles. The number of furan rings is 1. The van der Waals surface area contributed by atoms with Gasteiger partial charge in [-0.15, -0.1) is 0 Å². The molecule has 0 fully saturated rings. The monoisotopic (exact) mass is 342 g/mol. The summed E-state index contributed by atoms with van der Waals surface area (Å²) in [6, 6.07) is 9.74. The van der Waals surface area contributed by atoms with Gasteiger partial charge in [0.15, 0.2) is 5.16 Å². The molecule has 0 saturated carbocycles. The van der Waals surface area contributed by atoms with Gasteiger partial charge in [0, 0.05) is 12.4 Å². The van der Waals surface area contributed by atoms with Gasteiger partial charge in [0.05, 0.1) is 18.6 Å². The summed E-state index contributed by atoms with van der Waals surface area (Å²) >= 11 is 1.55. The van der Waals surface area contributed by atoms with Crippen LogP contribution in [-0.4, -0.2) is 22.6 Å². The molecule has 3 rings (SSSR count). The zero-order valence-corrected chi connectivity index (χ0v) is 14.6. The van der Waals surface area contributed by atoms with Crippen molar-refractivity contribution in [2.75, 3.05) is 7.11 Å². The van der Waals surface area contributed by atoms with Crippen molar-refractivity contribution < 1.29 is 13.9 Å². The van der Waals surface area contributed by atoms with Crippen molar-refractivity contribution in [2.24, 2.45) is 0 Å². The Balaban J connectivity index is 1.76. The first-order chi connectivity index (χ1) is 11.6. The number of carbonyl (C=O) groups is 1. The Morgan fingerprint density at radius 2 is 2.12 bits per heavy atom. The summed E-state index contributed by atoms with van der Waals surface area (Å²) in [6.07, 6.45) is 3.73. The van der Waals surface area contributed by atoms with Crippen LogP contribution in [0.2, 0.25) is 0 Å². The van der Waals surface area contributed by atoms with E-state index in [-0.39, 0.29) is 5.76 Å². The second kappa shape index (κ2) is 6.97. The van der Waals surface area contributed by atoms with E-state index in [0.29, 0.717) is 11.5 Å². The van der Waals surface area contributed by atoms with Gasteiger partial charge in [-0.1, -0.05) is 29.5 Å². The van der Waals surface area contributed by atoms with Crippen LogP contribution in [0, 0.1) is 13.8 Å². The number of benzene rings is 1. The van der Waals surface area contributed by atoms with Crippen LogP contribution in [0.15, 0.2) is 52.3 Å². The fraction of sp³-hybridized carbons (Fsp3) is 0.222. The van der Waals surface area contributed by atoms with Crippen LogP contribution in [-0.2, 0) is 10.5 Å². The number of hydrogen-bond acceptors (Lipinski definition) is 5. The van der Waals surface area contributed by atoms with E-state index in [1.165, 1.54) is 18.2 Å². The maximum Gasteiger partial charge on any atom is 0.373 e. The molecule has 2 heterocycles. The van der Waals surface area contributed by atoms with Crippen molar-refractivity contribution in [1.29, 1.82) is 0 Å². The van der Waals surface area contributed by atoms with E-state index in [1.807, 2.05) is 6.20 Å². The maximum absolute atomic E-state index is 11.4. The number of aromatic nitrogens is 2. The fourth-order valence-electron chi connectivity index (χ4n) is 2.46. The molecule has 0 saturated heterocycles. The molecule has 0 atom stereocenters. The average Bonchev–Trinajstić information content (AvgIpc) is 3.21. The Hall–Kier alpha value is -2.47. The van der Waals surface area contributed by atoms with E-state index >= 15 is 0 Å². The zero-order valence-electron chi connectivity index (χ0n) is 13.8. The lowest BCUT2D eigenvalue weighted by Crippen LogP contribution is -1.99. The van der Waals surface area contributed by atoms with E-state index < -0.39 is 5.97 Å². The SMILES string of the molecule is COC(=O)c1ccc(CSc2nccn2-c2ccc(C)cc2C)o1. The summed E-state index contributed by atoms with van der Waals surface area (Å²) in [6.45, 7) is 4.17. The lowest BCUT2D eigenvalue weighted by Gasteiger charge is -2.10. The van der Waals surface area contributed by atoms with E-state index in [2.05, 4.69) is 46.3 Å². The molecule has 0 bridgehead atoms. The van der Waals surface area contributed by atoms with Crippen molar-refractivity contribution in [3.8, 4) is 5.69 Å². The van der Waals surface area contributed by atoms with E-state index in [9.17, 15) is 4.79 Å². The number of carbonyl (C=O) groups excluding carboxylic acids is 1. The van der Waals surface area contributed by atoms with Crippen LogP contribution >= 0.6 is 11.8 Å². The van der Waals surface area contributed by atoms with Gasteiger partial charge in [-0.25, -0.2) is 9.78 Å². The van der Waals surface area contributed by atoms with Gasteiger partial charge >= 0.3 is 5.97 Å². The van der Waals surface area contributed by atoms with Crippen LogP contribution in [0.1, 0.15) is 27.4 Å². The molecular weight excluding hydrogens is 324 g/mol. The standard InChI is InChI=1S/C18H18N2O3S/c1-12-4-6-15(13(2)10-12)20-9-8-19-18(20)24-11-14-5-7-16(23-14)17(21)22-3/h4-10H,11H2,1-3H3. The highest BCUT2D eigenvalue weighted by molar-refractivity contribution is 7.98. The highest BCUT2D eigenvalue weighted by atomic mass is 32.2. The predicted molar refractivity (Wildman–Crippen MR) is 92.6 cm³/mol. The molecule has 1 aromatic carbocycles. The smallest absolute Gasteiger partial charge is 0.373 e. The Kier molecular flexibility index (Phi) is 4.76. The van der Waals surface area contributed by atoms with Gasteiger partial charge in [-0.2, -0.15) is 0 Å². The van der Waals surface area contributed by atoms with Crippen molar-refractivity contribution in [3.05, 3.63) is 65.4 Å². The number of aryl methyl sites for hydroxylation is 2. The van der Waals surface area contributed by atoms with Gasteiger partial charge in [0.25, 0.3) is 0 Å². The van der Waals surface area contributed by atoms with Gasteiger partial charge in [0.1, 0.15) is 5.76 Å². The molecule has 124 valence electrons. The largest absolute Gasteiger partial charge is 0.463 e. The Bertz CT molecular complexity index is 867. The summed E-state index contributed by atoms with van der Waals surface area (Å²) in [5.74, 6) is 1.03. The molecule has 3 aromatic rings. The summed E-state index contributed by atoms with van der Waals surface area (Å²) < 4.78 is 12.2. The van der Waals surface area contributed by atoms with Crippen molar-refractivity contribution in [2.45, 2.75) is 24.8 Å². The van der Waals surface area contributed by atoms with Crippen LogP contribution in [0.4, 0.5) is 0 Å². The van der Waals surface area contributed by atoms with Crippen LogP contribution in [0.3, 0.4) is 0 Å². The number of esters is 1. The predicted octanol–water partition coefficient (Wildman–Crippen LogP) is 4.16. The Labute approximate surface area is 144 Å². The summed E-state index contributed by atoms with van der Waals surface area (Å²) in [5.41, 5.74) is 3.53. The van der Waals surface area contributed by atoms with Crippen LogP contribution in [0.25, 0.3) is 5.69 Å². The molecule has 2 aromatic heterocycles. The number of thioether (sulfide) groups is 1. The maximum atomic E-state index is 11.4. The van der Waals surface area contributed by atoms with E-state index in [1.54, 1.807) is 30.1 Å². The minimum absolute atomic E-state index is 0.214. The first-order valence-corrected chi connectivity index (χ1v) is 8.48. The highest BCUT2D eigenvalue weighted by Gasteiger charge is 2.13. The van der Waals surface area contributed by atoms with Crippen LogP contribution < -0.4 is 0 Å². The summed E-state index contributed by atoms with van der Waals surface area (Å²) in [5, 5.41) is 0.873. The number of imidazole rings is 1. The average molecular weight is 342 g/mol. The van der Waals surface area contributed by atoms with Gasteiger partial charge in [-0.05, 0) is 37.6 Å². The number of methoxy groups -OCH3 is 1. The molecule has 0 N–H and O–H groups in total. The number of ether oxygens (including phenoxy) is 1. The fourth-order valence-corrected chi connectivity index (χ4v) is 3.32. The van der Waals surface area contributed by atoms with E-state index in [0.717, 1.165) is 10.8 Å². The quantitative estimate of drug-likeness (QED) is 0.515. The second-order valence-electron chi connectivity index (χ2n) is 5.42. The highest BCUT2D eigenvalue weighted by Crippen LogP contribution is 2.26. The minimum atomic E-state index is -0.469. The van der Waals surface area contributed by atoms with Crippen molar-refractivity contribution >= 4 is 17.7 Å². The van der Waals surface area contributed by atoms with E-state index in [4.69, 9.17) is 4.42 Å². The molecule has 0 aliphatic carbocycles. The third-order valence-corrected chi connectivity index (χ3v) is 4.60. The Morgan fingerprint density at radius 3 is 2.88 bits per heavy atom. The molecule has 0 spiro atoms. The molecular formula is C18H18N2O3S. The Morgan fingerprint density at radius 1 is 1.29 bits per heavy atom. The zero-order chi connectivity index (χ0) is 17.1. The molecule has 24 heavy (non-hydrogen) atoms. The second-order valence-corrected chi connectivity index (χ2v) is 6.36. The molecule has 5 nitrogen and oxygen atoms in total. The molecule has 6 heteroatoms. The van der Waals surface area contributed by atoms with Crippen LogP contribution in [0.5, 0.6) is 0 Å². The third kappa shape index (κ3) is 3.38. The molecule has 0 unspecified atom stereocenters. The van der Waals surface area contributed by atoms with Gasteiger partial charge < -0.3 is 9.15 Å². The first-order valence-electron chi connectivity index (χ1n) is 7.49. The van der Waals surface area contributed by atoms with Gasteiger partial charge in [-0.3, -0.25) is 4.57 Å². The first kappa shape index (κ1) is 16.4. The number of rotatable bonds is 5. The third-order valence-electron chi connectivity index (χ3n) is 3.61. The molecule has 0 radical (unpaired) electrons. The molecule has 0 aliphatic rings. The minimum Gasteiger partial charge on any atom is -0.463 e. The van der Waals surface area contributed by atoms with Crippen molar-refractivity contribution in [3.63, 3.8) is 0 Å². The molecule has 0 amide bonds. The summed E-state index contributed by atoms with van der Waals surface area (Å²) in [4.78, 5) is 15.8.